The zero-order valence-corrected chi connectivity index (χ0v) is 15.7. The Kier molecular flexibility index (Phi) is 4.73. The van der Waals surface area contributed by atoms with Crippen LogP contribution in [0.1, 0.15) is 29.0 Å². The molecule has 1 aliphatic heterocycles. The Morgan fingerprint density at radius 1 is 1.22 bits per heavy atom. The zero-order valence-electron chi connectivity index (χ0n) is 14.9. The predicted molar refractivity (Wildman–Crippen MR) is 107 cm³/mol. The second kappa shape index (κ2) is 7.32. The molecule has 4 rings (SSSR count). The molecule has 27 heavy (non-hydrogen) atoms. The van der Waals surface area contributed by atoms with Crippen LogP contribution in [0.2, 0.25) is 0 Å². The summed E-state index contributed by atoms with van der Waals surface area (Å²) in [5, 5.41) is 8.53. The van der Waals surface area contributed by atoms with Crippen LogP contribution in [0, 0.1) is 0 Å². The molecule has 0 unspecified atom stereocenters. The van der Waals surface area contributed by atoms with Gasteiger partial charge in [0, 0.05) is 23.2 Å². The Balaban J connectivity index is 1.42. The number of amides is 2. The van der Waals surface area contributed by atoms with Gasteiger partial charge in [-0.1, -0.05) is 36.4 Å². The highest BCUT2D eigenvalue weighted by molar-refractivity contribution is 7.10. The summed E-state index contributed by atoms with van der Waals surface area (Å²) in [5.74, 6) is -0.171. The van der Waals surface area contributed by atoms with E-state index >= 15 is 0 Å². The van der Waals surface area contributed by atoms with E-state index in [1.54, 1.807) is 0 Å². The topological polar surface area (TPSA) is 71.1 Å². The summed E-state index contributed by atoms with van der Waals surface area (Å²) >= 11 is 1.47. The highest BCUT2D eigenvalue weighted by Crippen LogP contribution is 2.35. The van der Waals surface area contributed by atoms with Crippen molar-refractivity contribution in [2.75, 3.05) is 5.32 Å². The normalized spacial score (nSPS) is 15.3. The van der Waals surface area contributed by atoms with E-state index in [-0.39, 0.29) is 24.2 Å². The summed E-state index contributed by atoms with van der Waals surface area (Å²) in [4.78, 5) is 28.6. The van der Waals surface area contributed by atoms with Crippen LogP contribution in [-0.4, -0.2) is 16.8 Å². The molecule has 1 aliphatic rings. The lowest BCUT2D eigenvalue weighted by atomic mass is 10.00. The summed E-state index contributed by atoms with van der Waals surface area (Å²) < 4.78 is 0. The molecule has 2 N–H and O–H groups in total. The summed E-state index contributed by atoms with van der Waals surface area (Å²) in [7, 11) is 0. The number of aromatic nitrogens is 1. The molecule has 3 aromatic rings. The molecule has 1 aromatic heterocycles. The van der Waals surface area contributed by atoms with Crippen LogP contribution in [0.4, 0.5) is 5.69 Å². The van der Waals surface area contributed by atoms with Crippen molar-refractivity contribution in [3.05, 3.63) is 70.0 Å². The molecule has 136 valence electrons. The van der Waals surface area contributed by atoms with Crippen molar-refractivity contribution in [3.8, 4) is 11.3 Å². The van der Waals surface area contributed by atoms with Crippen molar-refractivity contribution in [2.45, 2.75) is 25.8 Å². The Bertz CT molecular complexity index is 998. The minimum absolute atomic E-state index is 0.0243. The van der Waals surface area contributed by atoms with Crippen molar-refractivity contribution in [3.63, 3.8) is 0 Å². The quantitative estimate of drug-likeness (QED) is 0.712. The van der Waals surface area contributed by atoms with Crippen molar-refractivity contribution < 1.29 is 9.59 Å². The number of carbonyl (C=O) groups excluding carboxylic acids is 2. The van der Waals surface area contributed by atoms with Crippen LogP contribution in [0.3, 0.4) is 0 Å². The van der Waals surface area contributed by atoms with Gasteiger partial charge in [-0.2, -0.15) is 0 Å². The third kappa shape index (κ3) is 3.75. The Morgan fingerprint density at radius 2 is 2.04 bits per heavy atom. The molecule has 0 aliphatic carbocycles. The molecule has 1 atom stereocenters. The fourth-order valence-electron chi connectivity index (χ4n) is 3.10. The summed E-state index contributed by atoms with van der Waals surface area (Å²) in [6.45, 7) is 2.41. The maximum absolute atomic E-state index is 12.2. The Morgan fingerprint density at radius 3 is 2.85 bits per heavy atom. The molecule has 0 radical (unpaired) electrons. The molecule has 0 saturated heterocycles. The van der Waals surface area contributed by atoms with Gasteiger partial charge in [-0.25, -0.2) is 4.98 Å². The number of carbonyl (C=O) groups is 2. The van der Waals surface area contributed by atoms with E-state index in [0.717, 1.165) is 33.1 Å². The first-order valence-electron chi connectivity index (χ1n) is 8.80. The van der Waals surface area contributed by atoms with Crippen LogP contribution in [0.5, 0.6) is 0 Å². The summed E-state index contributed by atoms with van der Waals surface area (Å²) in [6.07, 6.45) is 0.263. The maximum Gasteiger partial charge on any atom is 0.231 e. The van der Waals surface area contributed by atoms with Crippen LogP contribution in [-0.2, 0) is 22.6 Å². The first-order chi connectivity index (χ1) is 13.1. The number of nitrogens with one attached hydrogen (secondary N) is 2. The minimum Gasteiger partial charge on any atom is -0.352 e. The zero-order chi connectivity index (χ0) is 18.8. The standard InChI is InChI=1S/C21H19N3O2S/c1-13-16-9-15(7-8-17(16)24-21(13)26)18-12-27-20(23-18)10-19(25)22-11-14-5-3-2-4-6-14/h2-9,12-13H,10-11H2,1H3,(H,22,25)(H,24,26)/t13-/m0/s1. The van der Waals surface area contributed by atoms with E-state index in [2.05, 4.69) is 15.6 Å². The van der Waals surface area contributed by atoms with Gasteiger partial charge in [0.15, 0.2) is 0 Å². The second-order valence-corrected chi connectivity index (χ2v) is 7.52. The van der Waals surface area contributed by atoms with Crippen molar-refractivity contribution >= 4 is 28.8 Å². The third-order valence-electron chi connectivity index (χ3n) is 4.66. The van der Waals surface area contributed by atoms with Gasteiger partial charge in [0.25, 0.3) is 0 Å². The fraction of sp³-hybridized carbons (Fsp3) is 0.190. The molecule has 0 fully saturated rings. The van der Waals surface area contributed by atoms with Crippen molar-refractivity contribution in [1.82, 2.24) is 10.3 Å². The molecule has 2 heterocycles. The minimum atomic E-state index is -0.151. The number of rotatable bonds is 5. The number of anilines is 1. The fourth-order valence-corrected chi connectivity index (χ4v) is 3.90. The van der Waals surface area contributed by atoms with Gasteiger partial charge in [0.05, 0.1) is 18.0 Å². The van der Waals surface area contributed by atoms with E-state index in [4.69, 9.17) is 0 Å². The SMILES string of the molecule is C[C@@H]1C(=O)Nc2ccc(-c3csc(CC(=O)NCc4ccccc4)n3)cc21. The lowest BCUT2D eigenvalue weighted by Crippen LogP contribution is -2.24. The van der Waals surface area contributed by atoms with E-state index in [1.165, 1.54) is 11.3 Å². The van der Waals surface area contributed by atoms with Crippen LogP contribution in [0.15, 0.2) is 53.9 Å². The van der Waals surface area contributed by atoms with E-state index in [0.29, 0.717) is 6.54 Å². The van der Waals surface area contributed by atoms with E-state index in [9.17, 15) is 9.59 Å². The maximum atomic E-state index is 12.2. The molecule has 6 heteroatoms. The van der Waals surface area contributed by atoms with Gasteiger partial charge in [0.2, 0.25) is 11.8 Å². The van der Waals surface area contributed by atoms with Crippen LogP contribution < -0.4 is 10.6 Å². The van der Waals surface area contributed by atoms with E-state index in [1.807, 2.05) is 60.8 Å². The molecule has 2 amide bonds. The number of nitrogens with zero attached hydrogens (tertiary/aromatic N) is 1. The van der Waals surface area contributed by atoms with Gasteiger partial charge in [0.1, 0.15) is 5.01 Å². The number of fused-ring (bicyclic) bond motifs is 1. The molecule has 5 nitrogen and oxygen atoms in total. The van der Waals surface area contributed by atoms with Gasteiger partial charge in [-0.3, -0.25) is 9.59 Å². The average Bonchev–Trinajstić information content (AvgIpc) is 3.25. The monoisotopic (exact) mass is 377 g/mol. The summed E-state index contributed by atoms with van der Waals surface area (Å²) in [6, 6.07) is 15.7. The van der Waals surface area contributed by atoms with Crippen molar-refractivity contribution in [1.29, 1.82) is 0 Å². The lowest BCUT2D eigenvalue weighted by molar-refractivity contribution is -0.120. The van der Waals surface area contributed by atoms with Gasteiger partial charge in [-0.15, -0.1) is 11.3 Å². The molecule has 0 spiro atoms. The van der Waals surface area contributed by atoms with Crippen molar-refractivity contribution in [2.24, 2.45) is 0 Å². The number of benzene rings is 2. The lowest BCUT2D eigenvalue weighted by Gasteiger charge is -2.04. The summed E-state index contributed by atoms with van der Waals surface area (Å²) in [5.41, 5.74) is 4.73. The highest BCUT2D eigenvalue weighted by Gasteiger charge is 2.26. The van der Waals surface area contributed by atoms with Gasteiger partial charge in [-0.05, 0) is 30.2 Å². The number of thiazole rings is 1. The van der Waals surface area contributed by atoms with Gasteiger partial charge >= 0.3 is 0 Å². The number of hydrogen-bond donors (Lipinski definition) is 2. The highest BCUT2D eigenvalue weighted by atomic mass is 32.1. The Labute approximate surface area is 161 Å². The molecular formula is C21H19N3O2S. The smallest absolute Gasteiger partial charge is 0.231 e. The number of hydrogen-bond acceptors (Lipinski definition) is 4. The first kappa shape index (κ1) is 17.4. The Hall–Kier alpha value is -2.99. The average molecular weight is 377 g/mol. The third-order valence-corrected chi connectivity index (χ3v) is 5.51. The van der Waals surface area contributed by atoms with Crippen LogP contribution >= 0.6 is 11.3 Å². The predicted octanol–water partition coefficient (Wildman–Crippen LogP) is 3.72. The molecule has 0 bridgehead atoms. The molecule has 0 saturated carbocycles. The molecular weight excluding hydrogens is 358 g/mol. The molecule has 2 aromatic carbocycles. The first-order valence-corrected chi connectivity index (χ1v) is 9.68. The van der Waals surface area contributed by atoms with Gasteiger partial charge < -0.3 is 10.6 Å². The largest absolute Gasteiger partial charge is 0.352 e. The van der Waals surface area contributed by atoms with Crippen LogP contribution in [0.25, 0.3) is 11.3 Å². The second-order valence-electron chi connectivity index (χ2n) is 6.58. The van der Waals surface area contributed by atoms with E-state index < -0.39 is 0 Å².